The number of likely N-dealkylation sites (N-methyl/N-ethyl adjacent to an activating group) is 1. The lowest BCUT2D eigenvalue weighted by Crippen LogP contribution is -2.49. The molecule has 1 heterocycles. The number of nitro groups is 1. The molecule has 10 heteroatoms. The average molecular weight is 585 g/mol. The maximum atomic E-state index is 13.8. The van der Waals surface area contributed by atoms with Gasteiger partial charge in [-0.15, -0.1) is 0 Å². The van der Waals surface area contributed by atoms with Crippen molar-refractivity contribution >= 4 is 23.6 Å². The van der Waals surface area contributed by atoms with Crippen molar-refractivity contribution in [3.8, 4) is 0 Å². The molecule has 0 radical (unpaired) electrons. The van der Waals surface area contributed by atoms with Gasteiger partial charge in [0, 0.05) is 38.0 Å². The predicted molar refractivity (Wildman–Crippen MR) is 162 cm³/mol. The Morgan fingerprint density at radius 2 is 1.60 bits per heavy atom. The molecule has 0 saturated carbocycles. The van der Waals surface area contributed by atoms with Crippen molar-refractivity contribution < 1.29 is 24.0 Å². The van der Waals surface area contributed by atoms with Crippen molar-refractivity contribution in [3.05, 3.63) is 123 Å². The number of hydrogen-bond donors (Lipinski definition) is 1. The van der Waals surface area contributed by atoms with Crippen LogP contribution in [0.2, 0.25) is 0 Å². The van der Waals surface area contributed by atoms with Crippen LogP contribution in [0.4, 0.5) is 10.5 Å². The van der Waals surface area contributed by atoms with E-state index in [0.717, 1.165) is 11.1 Å². The van der Waals surface area contributed by atoms with Crippen LogP contribution < -0.4 is 5.32 Å². The summed E-state index contributed by atoms with van der Waals surface area (Å²) in [4.78, 5) is 54.4. The second kappa shape index (κ2) is 13.8. The van der Waals surface area contributed by atoms with Gasteiger partial charge in [-0.1, -0.05) is 72.8 Å². The number of ether oxygens (including phenoxy) is 1. The van der Waals surface area contributed by atoms with Crippen LogP contribution >= 0.6 is 0 Å². The summed E-state index contributed by atoms with van der Waals surface area (Å²) in [5.74, 6) is -1.20. The van der Waals surface area contributed by atoms with E-state index in [4.69, 9.17) is 4.74 Å². The Hall–Kier alpha value is -4.99. The molecule has 0 saturated heterocycles. The smallest absolute Gasteiger partial charge is 0.338 e. The maximum absolute atomic E-state index is 13.8. The van der Waals surface area contributed by atoms with Crippen LogP contribution in [0.5, 0.6) is 0 Å². The molecule has 1 unspecified atom stereocenters. The minimum Gasteiger partial charge on any atom is -0.459 e. The molecule has 0 fully saturated rings. The first-order valence-electron chi connectivity index (χ1n) is 14.2. The third kappa shape index (κ3) is 7.27. The summed E-state index contributed by atoms with van der Waals surface area (Å²) in [6.45, 7) is 5.55. The number of non-ortho nitro benzene ring substituents is 1. The van der Waals surface area contributed by atoms with Gasteiger partial charge in [0.2, 0.25) is 5.91 Å². The zero-order chi connectivity index (χ0) is 31.1. The van der Waals surface area contributed by atoms with Gasteiger partial charge in [0.25, 0.3) is 5.69 Å². The second-order valence-electron chi connectivity index (χ2n) is 10.7. The van der Waals surface area contributed by atoms with Crippen LogP contribution in [0.25, 0.3) is 0 Å². The summed E-state index contributed by atoms with van der Waals surface area (Å²) >= 11 is 0. The lowest BCUT2D eigenvalue weighted by atomic mass is 9.90. The first kappa shape index (κ1) is 31.0. The highest BCUT2D eigenvalue weighted by atomic mass is 16.6. The molecule has 0 bridgehead atoms. The van der Waals surface area contributed by atoms with Crippen LogP contribution in [0.15, 0.2) is 96.2 Å². The van der Waals surface area contributed by atoms with E-state index >= 15 is 0 Å². The molecule has 224 valence electrons. The number of benzene rings is 3. The Morgan fingerprint density at radius 1 is 1.00 bits per heavy atom. The minimum absolute atomic E-state index is 0.0901. The molecule has 4 rings (SSSR count). The Bertz CT molecular complexity index is 1470. The first-order valence-corrected chi connectivity index (χ1v) is 14.2. The molecule has 1 atom stereocenters. The number of nitro benzene ring substituents is 1. The third-order valence-corrected chi connectivity index (χ3v) is 7.29. The molecule has 43 heavy (non-hydrogen) atoms. The highest BCUT2D eigenvalue weighted by Crippen LogP contribution is 2.36. The Morgan fingerprint density at radius 3 is 2.16 bits per heavy atom. The summed E-state index contributed by atoms with van der Waals surface area (Å²) < 4.78 is 5.50. The fourth-order valence-corrected chi connectivity index (χ4v) is 5.28. The number of rotatable bonds is 11. The molecule has 3 aromatic rings. The second-order valence-corrected chi connectivity index (χ2v) is 10.7. The first-order chi connectivity index (χ1) is 20.6. The molecular formula is C33H36N4O6. The van der Waals surface area contributed by atoms with E-state index in [1.807, 2.05) is 60.7 Å². The normalized spacial score (nSPS) is 15.0. The van der Waals surface area contributed by atoms with Crippen LogP contribution in [0.1, 0.15) is 55.8 Å². The number of amides is 3. The molecule has 1 aliphatic rings. The molecule has 3 aromatic carbocycles. The number of carbonyl (C=O) groups excluding carboxylic acids is 3. The number of carbonyl (C=O) groups is 3. The SMILES string of the molecule is CC1=C(C(=O)OC(C)C)C(c2cccc([N+](=O)[O-])c2)N(CCCN(C)C(=O)C(c2ccccc2)c2ccccc2)C(=O)N1. The highest BCUT2D eigenvalue weighted by Gasteiger charge is 2.39. The lowest BCUT2D eigenvalue weighted by molar-refractivity contribution is -0.384. The molecule has 0 spiro atoms. The van der Waals surface area contributed by atoms with Crippen molar-refractivity contribution in [2.75, 3.05) is 20.1 Å². The van der Waals surface area contributed by atoms with Gasteiger partial charge in [-0.25, -0.2) is 9.59 Å². The predicted octanol–water partition coefficient (Wildman–Crippen LogP) is 5.57. The van der Waals surface area contributed by atoms with Crippen molar-refractivity contribution in [1.82, 2.24) is 15.1 Å². The van der Waals surface area contributed by atoms with E-state index in [-0.39, 0.29) is 23.7 Å². The fourth-order valence-electron chi connectivity index (χ4n) is 5.28. The summed E-state index contributed by atoms with van der Waals surface area (Å²) in [6, 6.07) is 23.7. The van der Waals surface area contributed by atoms with Crippen molar-refractivity contribution in [1.29, 1.82) is 0 Å². The zero-order valence-electron chi connectivity index (χ0n) is 24.7. The number of allylic oxidation sites excluding steroid dienone is 1. The van der Waals surface area contributed by atoms with Crippen LogP contribution in [-0.2, 0) is 14.3 Å². The Labute approximate surface area is 251 Å². The van der Waals surface area contributed by atoms with Gasteiger partial charge >= 0.3 is 12.0 Å². The van der Waals surface area contributed by atoms with Gasteiger partial charge in [-0.05, 0) is 43.9 Å². The topological polar surface area (TPSA) is 122 Å². The molecule has 3 amide bonds. The van der Waals surface area contributed by atoms with Gasteiger partial charge in [0.15, 0.2) is 0 Å². The molecule has 0 aromatic heterocycles. The summed E-state index contributed by atoms with van der Waals surface area (Å²) in [6.07, 6.45) is -0.0189. The monoisotopic (exact) mass is 584 g/mol. The van der Waals surface area contributed by atoms with Gasteiger partial charge in [0.1, 0.15) is 0 Å². The standard InChI is InChI=1S/C33H36N4O6/c1-22(2)43-32(39)28-23(3)34-33(40)36(30(28)26-17-11-18-27(21-26)37(41)42)20-12-19-35(4)31(38)29(24-13-7-5-8-14-24)25-15-9-6-10-16-25/h5-11,13-18,21-22,29-30H,12,19-20H2,1-4H3,(H,34,40). The molecular weight excluding hydrogens is 548 g/mol. The number of esters is 1. The van der Waals surface area contributed by atoms with E-state index in [1.54, 1.807) is 38.8 Å². The van der Waals surface area contributed by atoms with E-state index in [9.17, 15) is 24.5 Å². The largest absolute Gasteiger partial charge is 0.459 e. The van der Waals surface area contributed by atoms with Crippen LogP contribution in [0.3, 0.4) is 0 Å². The lowest BCUT2D eigenvalue weighted by Gasteiger charge is -2.38. The molecule has 0 aliphatic carbocycles. The van der Waals surface area contributed by atoms with Gasteiger partial charge < -0.3 is 19.9 Å². The van der Waals surface area contributed by atoms with Gasteiger partial charge in [0.05, 0.1) is 28.6 Å². The van der Waals surface area contributed by atoms with Gasteiger partial charge in [-0.2, -0.15) is 0 Å². The molecule has 1 aliphatic heterocycles. The quantitative estimate of drug-likeness (QED) is 0.179. The third-order valence-electron chi connectivity index (χ3n) is 7.29. The van der Waals surface area contributed by atoms with E-state index in [0.29, 0.717) is 24.2 Å². The van der Waals surface area contributed by atoms with Gasteiger partial charge in [-0.3, -0.25) is 14.9 Å². The van der Waals surface area contributed by atoms with Crippen molar-refractivity contribution in [3.63, 3.8) is 0 Å². The van der Waals surface area contributed by atoms with E-state index in [2.05, 4.69) is 5.32 Å². The fraction of sp³-hybridized carbons (Fsp3) is 0.303. The minimum atomic E-state index is -0.915. The number of nitrogens with one attached hydrogen (secondary N) is 1. The molecule has 10 nitrogen and oxygen atoms in total. The summed E-state index contributed by atoms with van der Waals surface area (Å²) in [7, 11) is 1.73. The van der Waals surface area contributed by atoms with E-state index in [1.165, 1.54) is 23.1 Å². The average Bonchev–Trinajstić information content (AvgIpc) is 2.98. The zero-order valence-corrected chi connectivity index (χ0v) is 24.7. The van der Waals surface area contributed by atoms with Crippen LogP contribution in [0, 0.1) is 10.1 Å². The molecule has 1 N–H and O–H groups in total. The van der Waals surface area contributed by atoms with Crippen molar-refractivity contribution in [2.45, 2.75) is 45.3 Å². The maximum Gasteiger partial charge on any atom is 0.338 e. The summed E-state index contributed by atoms with van der Waals surface area (Å²) in [5.41, 5.74) is 2.53. The van der Waals surface area contributed by atoms with Crippen LogP contribution in [-0.4, -0.2) is 58.9 Å². The Balaban J connectivity index is 1.59. The highest BCUT2D eigenvalue weighted by molar-refractivity contribution is 5.95. The number of nitrogens with zero attached hydrogens (tertiary/aromatic N) is 3. The number of urea groups is 1. The van der Waals surface area contributed by atoms with Crippen molar-refractivity contribution in [2.24, 2.45) is 0 Å². The number of hydrogen-bond acceptors (Lipinski definition) is 6. The Kier molecular flexibility index (Phi) is 9.92. The van der Waals surface area contributed by atoms with E-state index < -0.39 is 35.0 Å². The summed E-state index contributed by atoms with van der Waals surface area (Å²) in [5, 5.41) is 14.3.